The summed E-state index contributed by atoms with van der Waals surface area (Å²) in [6.07, 6.45) is 0. The van der Waals surface area contributed by atoms with Gasteiger partial charge in [0.2, 0.25) is 0 Å². The highest BCUT2D eigenvalue weighted by Crippen LogP contribution is 2.27. The molecule has 1 N–H and O–H groups in total. The molecule has 0 spiro atoms. The molecule has 7 nitrogen and oxygen atoms in total. The van der Waals surface area contributed by atoms with Gasteiger partial charge < -0.3 is 19.5 Å². The van der Waals surface area contributed by atoms with Crippen LogP contribution in [0, 0.1) is 5.82 Å². The zero-order chi connectivity index (χ0) is 19.8. The van der Waals surface area contributed by atoms with E-state index in [1.54, 1.807) is 6.07 Å². The van der Waals surface area contributed by atoms with Crippen LogP contribution in [0.25, 0.3) is 0 Å². The van der Waals surface area contributed by atoms with Crippen LogP contribution in [0.3, 0.4) is 0 Å². The first kappa shape index (κ1) is 19.9. The number of Topliss-reactive ketones (excluding diaryl/α,β-unsaturated/α-hetero) is 1. The van der Waals surface area contributed by atoms with Crippen LogP contribution in [0.5, 0.6) is 11.5 Å². The first-order valence-electron chi connectivity index (χ1n) is 7.89. The molecule has 0 bridgehead atoms. The van der Waals surface area contributed by atoms with Gasteiger partial charge in [0, 0.05) is 11.1 Å². The molecule has 1 amide bonds. The van der Waals surface area contributed by atoms with Crippen LogP contribution in [0.2, 0.25) is 0 Å². The van der Waals surface area contributed by atoms with Gasteiger partial charge in [0.05, 0.1) is 14.2 Å². The van der Waals surface area contributed by atoms with E-state index in [0.717, 1.165) is 6.07 Å². The lowest BCUT2D eigenvalue weighted by Crippen LogP contribution is -2.31. The van der Waals surface area contributed by atoms with E-state index in [1.807, 2.05) is 0 Å². The minimum Gasteiger partial charge on any atom is -0.493 e. The summed E-state index contributed by atoms with van der Waals surface area (Å²) < 4.78 is 28.1. The van der Waals surface area contributed by atoms with E-state index >= 15 is 0 Å². The molecule has 142 valence electrons. The average Bonchev–Trinajstić information content (AvgIpc) is 2.69. The van der Waals surface area contributed by atoms with Crippen LogP contribution in [0.15, 0.2) is 42.5 Å². The van der Waals surface area contributed by atoms with Crippen molar-refractivity contribution in [1.82, 2.24) is 5.32 Å². The van der Waals surface area contributed by atoms with Crippen LogP contribution >= 0.6 is 0 Å². The molecule has 27 heavy (non-hydrogen) atoms. The number of ether oxygens (including phenoxy) is 3. The lowest BCUT2D eigenvalue weighted by molar-refractivity contribution is -0.141. The fraction of sp³-hybridized carbons (Fsp3) is 0.211. The number of amides is 1. The Morgan fingerprint density at radius 1 is 0.963 bits per heavy atom. The van der Waals surface area contributed by atoms with Crippen molar-refractivity contribution in [2.45, 2.75) is 0 Å². The van der Waals surface area contributed by atoms with Gasteiger partial charge in [-0.3, -0.25) is 14.4 Å². The number of halogens is 1. The number of esters is 1. The molecular formula is C19H18FNO6. The molecule has 8 heteroatoms. The van der Waals surface area contributed by atoms with Crippen molar-refractivity contribution in [3.63, 3.8) is 0 Å². The Kier molecular flexibility index (Phi) is 6.87. The van der Waals surface area contributed by atoms with Crippen LogP contribution in [-0.4, -0.2) is 45.0 Å². The second kappa shape index (κ2) is 9.33. The van der Waals surface area contributed by atoms with Crippen molar-refractivity contribution in [3.8, 4) is 11.5 Å². The molecule has 0 aliphatic carbocycles. The number of methoxy groups -OCH3 is 2. The van der Waals surface area contributed by atoms with E-state index < -0.39 is 36.6 Å². The molecule has 0 unspecified atom stereocenters. The Morgan fingerprint density at radius 2 is 1.70 bits per heavy atom. The number of ketones is 1. The van der Waals surface area contributed by atoms with Gasteiger partial charge in [0.1, 0.15) is 12.4 Å². The molecule has 0 aliphatic heterocycles. The lowest BCUT2D eigenvalue weighted by atomic mass is 10.1. The van der Waals surface area contributed by atoms with Gasteiger partial charge in [-0.25, -0.2) is 4.39 Å². The molecule has 0 saturated heterocycles. The lowest BCUT2D eigenvalue weighted by Gasteiger charge is -2.09. The van der Waals surface area contributed by atoms with E-state index in [-0.39, 0.29) is 11.1 Å². The summed E-state index contributed by atoms with van der Waals surface area (Å²) in [5, 5.41) is 2.29. The van der Waals surface area contributed by atoms with Gasteiger partial charge in [-0.15, -0.1) is 0 Å². The molecule has 0 fully saturated rings. The van der Waals surface area contributed by atoms with Crippen LogP contribution in [-0.2, 0) is 9.53 Å². The van der Waals surface area contributed by atoms with E-state index in [9.17, 15) is 18.8 Å². The standard InChI is InChI=1S/C19H18FNO6/c1-25-16-7-6-12(9-17(16)26-2)15(22)11-27-18(23)10-21-19(24)13-4-3-5-14(20)8-13/h3-9H,10-11H2,1-2H3,(H,21,24). The SMILES string of the molecule is COc1ccc(C(=O)COC(=O)CNC(=O)c2cccc(F)c2)cc1OC. The summed E-state index contributed by atoms with van der Waals surface area (Å²) in [7, 11) is 2.91. The zero-order valence-corrected chi connectivity index (χ0v) is 14.8. The van der Waals surface area contributed by atoms with Gasteiger partial charge in [-0.1, -0.05) is 6.07 Å². The van der Waals surface area contributed by atoms with Gasteiger partial charge >= 0.3 is 5.97 Å². The molecule has 0 saturated carbocycles. The third-order valence-electron chi connectivity index (χ3n) is 3.55. The van der Waals surface area contributed by atoms with Crippen molar-refractivity contribution in [1.29, 1.82) is 0 Å². The summed E-state index contributed by atoms with van der Waals surface area (Å²) in [5.41, 5.74) is 0.355. The molecular weight excluding hydrogens is 357 g/mol. The molecule has 2 aromatic carbocycles. The molecule has 0 heterocycles. The van der Waals surface area contributed by atoms with Crippen molar-refractivity contribution in [3.05, 3.63) is 59.4 Å². The molecule has 0 aliphatic rings. The Morgan fingerprint density at radius 3 is 2.37 bits per heavy atom. The number of rotatable bonds is 8. The van der Waals surface area contributed by atoms with Crippen molar-refractivity contribution >= 4 is 17.7 Å². The minimum absolute atomic E-state index is 0.0733. The first-order valence-corrected chi connectivity index (χ1v) is 7.89. The van der Waals surface area contributed by atoms with Crippen LogP contribution in [0.1, 0.15) is 20.7 Å². The van der Waals surface area contributed by atoms with Gasteiger partial charge in [-0.2, -0.15) is 0 Å². The van der Waals surface area contributed by atoms with Crippen molar-refractivity contribution < 1.29 is 33.0 Å². The fourth-order valence-corrected chi connectivity index (χ4v) is 2.17. The number of hydrogen-bond donors (Lipinski definition) is 1. The number of hydrogen-bond acceptors (Lipinski definition) is 6. The highest BCUT2D eigenvalue weighted by Gasteiger charge is 2.14. The number of nitrogens with one attached hydrogen (secondary N) is 1. The summed E-state index contributed by atoms with van der Waals surface area (Å²) in [4.78, 5) is 35.6. The smallest absolute Gasteiger partial charge is 0.325 e. The van der Waals surface area contributed by atoms with Gasteiger partial charge in [0.25, 0.3) is 5.91 Å². The van der Waals surface area contributed by atoms with Gasteiger partial charge in [-0.05, 0) is 36.4 Å². The Hall–Kier alpha value is -3.42. The zero-order valence-electron chi connectivity index (χ0n) is 14.8. The van der Waals surface area contributed by atoms with Crippen LogP contribution in [0.4, 0.5) is 4.39 Å². The van der Waals surface area contributed by atoms with Crippen LogP contribution < -0.4 is 14.8 Å². The predicted octanol–water partition coefficient (Wildman–Crippen LogP) is 2.00. The van der Waals surface area contributed by atoms with Gasteiger partial charge in [0.15, 0.2) is 23.9 Å². The quantitative estimate of drug-likeness (QED) is 0.561. The number of carbonyl (C=O) groups is 3. The Labute approximate surface area is 155 Å². The van der Waals surface area contributed by atoms with E-state index in [1.165, 1.54) is 44.6 Å². The Bertz CT molecular complexity index is 852. The molecule has 2 aromatic rings. The maximum absolute atomic E-state index is 13.1. The third kappa shape index (κ3) is 5.53. The normalized spacial score (nSPS) is 10.0. The highest BCUT2D eigenvalue weighted by molar-refractivity contribution is 5.99. The second-order valence-corrected chi connectivity index (χ2v) is 5.35. The average molecular weight is 375 g/mol. The monoisotopic (exact) mass is 375 g/mol. The molecule has 0 atom stereocenters. The maximum Gasteiger partial charge on any atom is 0.325 e. The largest absolute Gasteiger partial charge is 0.493 e. The summed E-state index contributed by atoms with van der Waals surface area (Å²) in [6.45, 7) is -0.946. The molecule has 2 rings (SSSR count). The molecule has 0 radical (unpaired) electrons. The first-order chi connectivity index (χ1) is 12.9. The predicted molar refractivity (Wildman–Crippen MR) is 93.6 cm³/mol. The fourth-order valence-electron chi connectivity index (χ4n) is 2.17. The van der Waals surface area contributed by atoms with E-state index in [2.05, 4.69) is 5.32 Å². The molecule has 0 aromatic heterocycles. The van der Waals surface area contributed by atoms with Crippen molar-refractivity contribution in [2.75, 3.05) is 27.4 Å². The highest BCUT2D eigenvalue weighted by atomic mass is 19.1. The Balaban J connectivity index is 1.84. The summed E-state index contributed by atoms with van der Waals surface area (Å²) in [5.74, 6) is -1.60. The third-order valence-corrected chi connectivity index (χ3v) is 3.55. The summed E-state index contributed by atoms with van der Waals surface area (Å²) >= 11 is 0. The minimum atomic E-state index is -0.798. The van der Waals surface area contributed by atoms with Crippen molar-refractivity contribution in [2.24, 2.45) is 0 Å². The number of benzene rings is 2. The maximum atomic E-state index is 13.1. The second-order valence-electron chi connectivity index (χ2n) is 5.35. The summed E-state index contributed by atoms with van der Waals surface area (Å²) in [6, 6.07) is 9.58. The van der Waals surface area contributed by atoms with E-state index in [4.69, 9.17) is 14.2 Å². The topological polar surface area (TPSA) is 90.9 Å². The number of carbonyl (C=O) groups excluding carboxylic acids is 3. The van der Waals surface area contributed by atoms with E-state index in [0.29, 0.717) is 11.5 Å².